The highest BCUT2D eigenvalue weighted by Gasteiger charge is 2.41. The topological polar surface area (TPSA) is 83.8 Å². The number of methoxy groups -OCH3 is 2. The zero-order valence-electron chi connectivity index (χ0n) is 17.1. The van der Waals surface area contributed by atoms with Crippen molar-refractivity contribution in [1.82, 2.24) is 5.01 Å². The largest absolute Gasteiger partial charge is 0.507 e. The summed E-state index contributed by atoms with van der Waals surface area (Å²) in [5.74, 6) is 2.01. The summed E-state index contributed by atoms with van der Waals surface area (Å²) in [5.41, 5.74) is 3.21. The summed E-state index contributed by atoms with van der Waals surface area (Å²) in [7, 11) is 3.10. The van der Waals surface area contributed by atoms with Crippen molar-refractivity contribution >= 4 is 5.71 Å². The number of phenolic OH excluding ortho intramolecular Hbond substituents is 2. The fraction of sp³-hybridized carbons (Fsp3) is 0.208. The van der Waals surface area contributed by atoms with E-state index in [2.05, 4.69) is 0 Å². The smallest absolute Gasteiger partial charge is 0.214 e. The standard InChI is InChI=1S/C24H22N2O5/c1-29-15-8-10-20(27)17(12-15)18-13-19-16-5-3-4-6-22(16)31-24(26(19)25-18)14-7-9-21(28)23(11-14)30-2/h3-12,19,24,27-28H,13H2,1-2H3/t19-,24+/m0/s1. The molecule has 31 heavy (non-hydrogen) atoms. The zero-order chi connectivity index (χ0) is 21.5. The minimum absolute atomic E-state index is 0.0599. The predicted molar refractivity (Wildman–Crippen MR) is 115 cm³/mol. The first kappa shape index (κ1) is 19.1. The fourth-order valence-corrected chi connectivity index (χ4v) is 4.14. The van der Waals surface area contributed by atoms with Gasteiger partial charge in [-0.1, -0.05) is 18.2 Å². The molecule has 2 atom stereocenters. The molecule has 0 saturated carbocycles. The number of ether oxygens (including phenoxy) is 3. The fourth-order valence-electron chi connectivity index (χ4n) is 4.14. The molecule has 0 aliphatic carbocycles. The number of fused-ring (bicyclic) bond motifs is 3. The number of hydrazone groups is 1. The van der Waals surface area contributed by atoms with E-state index in [4.69, 9.17) is 19.3 Å². The Morgan fingerprint density at radius 3 is 2.58 bits per heavy atom. The maximum Gasteiger partial charge on any atom is 0.214 e. The van der Waals surface area contributed by atoms with Gasteiger partial charge in [0.1, 0.15) is 17.2 Å². The molecule has 2 aliphatic heterocycles. The Labute approximate surface area is 179 Å². The molecule has 5 rings (SSSR count). The second-order valence-electron chi connectivity index (χ2n) is 7.47. The maximum atomic E-state index is 10.5. The molecule has 7 heteroatoms. The Morgan fingerprint density at radius 2 is 1.77 bits per heavy atom. The summed E-state index contributed by atoms with van der Waals surface area (Å²) in [6.45, 7) is 0. The molecule has 0 amide bonds. The van der Waals surface area contributed by atoms with E-state index >= 15 is 0 Å². The molecule has 0 fully saturated rings. The Kier molecular flexibility index (Phi) is 4.58. The van der Waals surface area contributed by atoms with Crippen molar-refractivity contribution in [3.05, 3.63) is 77.4 Å². The maximum absolute atomic E-state index is 10.5. The van der Waals surface area contributed by atoms with E-state index in [0.717, 1.165) is 22.6 Å². The molecule has 2 N–H and O–H groups in total. The minimum atomic E-state index is -0.514. The van der Waals surface area contributed by atoms with Gasteiger partial charge in [0, 0.05) is 23.1 Å². The molecular weight excluding hydrogens is 396 g/mol. The van der Waals surface area contributed by atoms with Gasteiger partial charge in [0.25, 0.3) is 0 Å². The van der Waals surface area contributed by atoms with E-state index in [0.29, 0.717) is 23.5 Å². The van der Waals surface area contributed by atoms with Gasteiger partial charge in [0.2, 0.25) is 6.23 Å². The van der Waals surface area contributed by atoms with Crippen molar-refractivity contribution in [2.24, 2.45) is 5.10 Å². The van der Waals surface area contributed by atoms with Crippen LogP contribution in [0.1, 0.15) is 35.4 Å². The van der Waals surface area contributed by atoms with Crippen LogP contribution in [0.4, 0.5) is 0 Å². The van der Waals surface area contributed by atoms with E-state index in [9.17, 15) is 10.2 Å². The Morgan fingerprint density at radius 1 is 0.968 bits per heavy atom. The number of phenols is 2. The van der Waals surface area contributed by atoms with Crippen LogP contribution in [0.2, 0.25) is 0 Å². The van der Waals surface area contributed by atoms with Gasteiger partial charge < -0.3 is 24.4 Å². The van der Waals surface area contributed by atoms with Crippen molar-refractivity contribution < 1.29 is 24.4 Å². The molecule has 158 valence electrons. The van der Waals surface area contributed by atoms with Gasteiger partial charge >= 0.3 is 0 Å². The number of nitrogens with zero attached hydrogens (tertiary/aromatic N) is 2. The number of rotatable bonds is 4. The van der Waals surface area contributed by atoms with Gasteiger partial charge in [-0.3, -0.25) is 0 Å². The highest BCUT2D eigenvalue weighted by molar-refractivity contribution is 6.04. The van der Waals surface area contributed by atoms with Crippen molar-refractivity contribution in [2.45, 2.75) is 18.7 Å². The van der Waals surface area contributed by atoms with Crippen LogP contribution >= 0.6 is 0 Å². The zero-order valence-corrected chi connectivity index (χ0v) is 17.1. The first-order valence-electron chi connectivity index (χ1n) is 9.94. The van der Waals surface area contributed by atoms with Crippen LogP contribution < -0.4 is 14.2 Å². The molecule has 0 unspecified atom stereocenters. The Balaban J connectivity index is 1.61. The summed E-state index contributed by atoms with van der Waals surface area (Å²) < 4.78 is 16.9. The molecule has 2 aliphatic rings. The lowest BCUT2D eigenvalue weighted by Gasteiger charge is -2.38. The SMILES string of the molecule is COc1ccc(O)c(C2=NN3[C@@H](c4ccc(O)c(OC)c4)Oc4ccccc4[C@@H]3C2)c1. The van der Waals surface area contributed by atoms with E-state index in [1.165, 1.54) is 7.11 Å². The van der Waals surface area contributed by atoms with Gasteiger partial charge in [0.15, 0.2) is 11.5 Å². The van der Waals surface area contributed by atoms with Crippen LogP contribution in [0.3, 0.4) is 0 Å². The quantitative estimate of drug-likeness (QED) is 0.655. The van der Waals surface area contributed by atoms with Crippen LogP contribution in [-0.4, -0.2) is 35.2 Å². The van der Waals surface area contributed by atoms with Gasteiger partial charge in [-0.05, 0) is 42.5 Å². The van der Waals surface area contributed by atoms with Gasteiger partial charge in [-0.25, -0.2) is 5.01 Å². The molecule has 0 aromatic heterocycles. The van der Waals surface area contributed by atoms with Crippen LogP contribution in [0, 0.1) is 0 Å². The lowest BCUT2D eigenvalue weighted by Crippen LogP contribution is -2.33. The molecule has 3 aromatic carbocycles. The predicted octanol–water partition coefficient (Wildman–Crippen LogP) is 4.36. The summed E-state index contributed by atoms with van der Waals surface area (Å²) in [5, 5.41) is 27.2. The average molecular weight is 418 g/mol. The molecular formula is C24H22N2O5. The number of benzene rings is 3. The van der Waals surface area contributed by atoms with Crippen molar-refractivity contribution in [2.75, 3.05) is 14.2 Å². The van der Waals surface area contributed by atoms with Gasteiger partial charge in [-0.15, -0.1) is 0 Å². The van der Waals surface area contributed by atoms with Gasteiger partial charge in [-0.2, -0.15) is 5.10 Å². The molecule has 0 saturated heterocycles. The van der Waals surface area contributed by atoms with E-state index in [-0.39, 0.29) is 17.5 Å². The first-order chi connectivity index (χ1) is 15.1. The molecule has 0 bridgehead atoms. The van der Waals surface area contributed by atoms with Crippen LogP contribution in [0.15, 0.2) is 65.8 Å². The lowest BCUT2D eigenvalue weighted by molar-refractivity contribution is -0.0191. The average Bonchev–Trinajstić information content (AvgIpc) is 3.25. The second kappa shape index (κ2) is 7.43. The number of hydrogen-bond acceptors (Lipinski definition) is 7. The van der Waals surface area contributed by atoms with E-state index in [1.54, 1.807) is 43.5 Å². The third-order valence-corrected chi connectivity index (χ3v) is 5.70. The Bertz CT molecular complexity index is 1180. The van der Waals surface area contributed by atoms with Crippen LogP contribution in [0.25, 0.3) is 0 Å². The van der Waals surface area contributed by atoms with Crippen molar-refractivity contribution in [3.63, 3.8) is 0 Å². The summed E-state index contributed by atoms with van der Waals surface area (Å²) in [6.07, 6.45) is 0.0898. The minimum Gasteiger partial charge on any atom is -0.507 e. The molecule has 0 radical (unpaired) electrons. The van der Waals surface area contributed by atoms with Gasteiger partial charge in [0.05, 0.1) is 26.0 Å². The molecule has 2 heterocycles. The number of hydrogen-bond donors (Lipinski definition) is 2. The summed E-state index contributed by atoms with van der Waals surface area (Å²) >= 11 is 0. The number of aromatic hydroxyl groups is 2. The first-order valence-corrected chi connectivity index (χ1v) is 9.94. The highest BCUT2D eigenvalue weighted by atomic mass is 16.5. The summed E-state index contributed by atoms with van der Waals surface area (Å²) in [4.78, 5) is 0. The Hall–Kier alpha value is -3.87. The van der Waals surface area contributed by atoms with Crippen molar-refractivity contribution in [3.8, 4) is 28.7 Å². The number of para-hydroxylation sites is 1. The normalized spacial score (nSPS) is 19.2. The third kappa shape index (κ3) is 3.18. The lowest BCUT2D eigenvalue weighted by atomic mass is 9.95. The van der Waals surface area contributed by atoms with Crippen LogP contribution in [-0.2, 0) is 0 Å². The van der Waals surface area contributed by atoms with Crippen LogP contribution in [0.5, 0.6) is 28.7 Å². The summed E-state index contributed by atoms with van der Waals surface area (Å²) in [6, 6.07) is 18.1. The van der Waals surface area contributed by atoms with E-state index < -0.39 is 6.23 Å². The third-order valence-electron chi connectivity index (χ3n) is 5.70. The molecule has 3 aromatic rings. The van der Waals surface area contributed by atoms with E-state index in [1.807, 2.05) is 29.3 Å². The molecule has 7 nitrogen and oxygen atoms in total. The van der Waals surface area contributed by atoms with Crippen molar-refractivity contribution in [1.29, 1.82) is 0 Å². The highest BCUT2D eigenvalue weighted by Crippen LogP contribution is 2.48. The monoisotopic (exact) mass is 418 g/mol. The molecule has 0 spiro atoms. The second-order valence-corrected chi connectivity index (χ2v) is 7.47.